The molecule has 0 aromatic rings. The van der Waals surface area contributed by atoms with E-state index < -0.39 is 0 Å². The summed E-state index contributed by atoms with van der Waals surface area (Å²) in [5, 5.41) is 3.17. The molecule has 0 amide bonds. The van der Waals surface area contributed by atoms with Crippen molar-refractivity contribution in [2.24, 2.45) is 5.73 Å². The lowest BCUT2D eigenvalue weighted by atomic mass is 10.1. The van der Waals surface area contributed by atoms with Gasteiger partial charge in [-0.25, -0.2) is 0 Å². The van der Waals surface area contributed by atoms with E-state index in [0.29, 0.717) is 0 Å². The molecule has 0 aromatic carbocycles. The minimum atomic E-state index is 0.210. The summed E-state index contributed by atoms with van der Waals surface area (Å²) in [6, 6.07) is 0.246. The van der Waals surface area contributed by atoms with Crippen molar-refractivity contribution in [1.82, 2.24) is 5.32 Å². The van der Waals surface area contributed by atoms with Gasteiger partial charge in [0.05, 0.1) is 5.54 Å². The van der Waals surface area contributed by atoms with E-state index in [0.717, 1.165) is 0 Å². The lowest BCUT2D eigenvalue weighted by Gasteiger charge is -2.19. The van der Waals surface area contributed by atoms with E-state index in [9.17, 15) is 0 Å². The van der Waals surface area contributed by atoms with Crippen molar-refractivity contribution in [1.29, 1.82) is 0 Å². The molecule has 1 rings (SSSR count). The summed E-state index contributed by atoms with van der Waals surface area (Å²) in [5.41, 5.74) is 5.92. The quantitative estimate of drug-likeness (QED) is 0.581. The summed E-state index contributed by atoms with van der Waals surface area (Å²) in [7, 11) is 0. The maximum absolute atomic E-state index is 5.71. The second-order valence-corrected chi connectivity index (χ2v) is 2.79. The van der Waals surface area contributed by atoms with E-state index in [2.05, 4.69) is 11.9 Å². The fourth-order valence-corrected chi connectivity index (χ4v) is 1.07. The van der Waals surface area contributed by atoms with E-state index in [4.69, 9.17) is 5.73 Å². The normalized spacial score (nSPS) is 24.7. The van der Waals surface area contributed by atoms with Gasteiger partial charge in [0.15, 0.2) is 0 Å². The summed E-state index contributed by atoms with van der Waals surface area (Å²) >= 11 is 0. The largest absolute Gasteiger partial charge is 0.384 e. The van der Waals surface area contributed by atoms with Crippen LogP contribution in [-0.2, 0) is 0 Å². The Morgan fingerprint density at radius 1 is 1.78 bits per heavy atom. The Bertz CT molecular complexity index is 114. The predicted octanol–water partition coefficient (Wildman–Crippen LogP) is 0.599. The number of rotatable bonds is 3. The third-order valence-corrected chi connectivity index (χ3v) is 2.05. The van der Waals surface area contributed by atoms with Crippen LogP contribution in [0, 0.1) is 0 Å². The number of hydrogen-bond donors (Lipinski definition) is 2. The van der Waals surface area contributed by atoms with Gasteiger partial charge < -0.3 is 11.1 Å². The molecule has 0 heterocycles. The standard InChI is InChI=1S/C7H14N2/c1-3-9-7(4-5-7)6(2)8/h3,6,9H,1,4-5,8H2,2H3. The SMILES string of the molecule is C=CNC1(C(C)N)CC1. The van der Waals surface area contributed by atoms with Gasteiger partial charge in [0.25, 0.3) is 0 Å². The Balaban J connectivity index is 2.42. The third kappa shape index (κ3) is 1.08. The van der Waals surface area contributed by atoms with Gasteiger partial charge in [-0.15, -0.1) is 0 Å². The molecule has 9 heavy (non-hydrogen) atoms. The van der Waals surface area contributed by atoms with Crippen LogP contribution in [0.2, 0.25) is 0 Å². The topological polar surface area (TPSA) is 38.0 Å². The first kappa shape index (κ1) is 6.62. The molecule has 1 atom stereocenters. The number of nitrogens with one attached hydrogen (secondary N) is 1. The molecular weight excluding hydrogens is 112 g/mol. The van der Waals surface area contributed by atoms with Crippen molar-refractivity contribution in [2.45, 2.75) is 31.3 Å². The van der Waals surface area contributed by atoms with Crippen LogP contribution >= 0.6 is 0 Å². The Morgan fingerprint density at radius 2 is 2.33 bits per heavy atom. The molecule has 3 N–H and O–H groups in total. The maximum Gasteiger partial charge on any atom is 0.0517 e. The predicted molar refractivity (Wildman–Crippen MR) is 38.9 cm³/mol. The van der Waals surface area contributed by atoms with Crippen LogP contribution in [0.15, 0.2) is 12.8 Å². The monoisotopic (exact) mass is 126 g/mol. The van der Waals surface area contributed by atoms with Crippen molar-refractivity contribution in [2.75, 3.05) is 0 Å². The van der Waals surface area contributed by atoms with Gasteiger partial charge in [-0.05, 0) is 26.0 Å². The summed E-state index contributed by atoms with van der Waals surface area (Å²) in [4.78, 5) is 0. The molecule has 0 aliphatic heterocycles. The highest BCUT2D eigenvalue weighted by molar-refractivity contribution is 5.09. The van der Waals surface area contributed by atoms with Gasteiger partial charge in [-0.2, -0.15) is 0 Å². The molecule has 2 nitrogen and oxygen atoms in total. The Labute approximate surface area is 56.1 Å². The summed E-state index contributed by atoms with van der Waals surface area (Å²) < 4.78 is 0. The van der Waals surface area contributed by atoms with Crippen LogP contribution in [0.3, 0.4) is 0 Å². The van der Waals surface area contributed by atoms with Crippen molar-refractivity contribution >= 4 is 0 Å². The van der Waals surface area contributed by atoms with Crippen molar-refractivity contribution in [3.8, 4) is 0 Å². The van der Waals surface area contributed by atoms with Gasteiger partial charge in [-0.1, -0.05) is 6.58 Å². The van der Waals surface area contributed by atoms with Crippen LogP contribution < -0.4 is 11.1 Å². The zero-order valence-corrected chi connectivity index (χ0v) is 5.85. The zero-order chi connectivity index (χ0) is 6.91. The van der Waals surface area contributed by atoms with Crippen LogP contribution in [0.4, 0.5) is 0 Å². The lowest BCUT2D eigenvalue weighted by Crippen LogP contribution is -2.43. The fraction of sp³-hybridized carbons (Fsp3) is 0.714. The maximum atomic E-state index is 5.71. The van der Waals surface area contributed by atoms with Gasteiger partial charge in [0.1, 0.15) is 0 Å². The van der Waals surface area contributed by atoms with Crippen LogP contribution in [0.1, 0.15) is 19.8 Å². The van der Waals surface area contributed by atoms with E-state index in [-0.39, 0.29) is 11.6 Å². The molecule has 1 saturated carbocycles. The second kappa shape index (κ2) is 2.03. The first-order valence-electron chi connectivity index (χ1n) is 3.35. The Morgan fingerprint density at radius 3 is 2.44 bits per heavy atom. The first-order chi connectivity index (χ1) is 4.21. The molecule has 1 unspecified atom stereocenters. The average molecular weight is 126 g/mol. The first-order valence-corrected chi connectivity index (χ1v) is 3.35. The molecule has 0 aromatic heterocycles. The molecule has 1 fully saturated rings. The molecule has 2 heteroatoms. The van der Waals surface area contributed by atoms with Gasteiger partial charge >= 0.3 is 0 Å². The van der Waals surface area contributed by atoms with Gasteiger partial charge in [0.2, 0.25) is 0 Å². The minimum absolute atomic E-state index is 0.210. The fourth-order valence-electron chi connectivity index (χ4n) is 1.07. The minimum Gasteiger partial charge on any atom is -0.384 e. The third-order valence-electron chi connectivity index (χ3n) is 2.05. The zero-order valence-electron chi connectivity index (χ0n) is 5.85. The Kier molecular flexibility index (Phi) is 1.49. The van der Waals surface area contributed by atoms with E-state index in [1.807, 2.05) is 6.92 Å². The molecule has 52 valence electrons. The summed E-state index contributed by atoms with van der Waals surface area (Å²) in [5.74, 6) is 0. The number of hydrogen-bond acceptors (Lipinski definition) is 2. The molecule has 0 spiro atoms. The van der Waals surface area contributed by atoms with E-state index in [1.54, 1.807) is 6.20 Å². The molecule has 1 aliphatic rings. The van der Waals surface area contributed by atoms with Crippen molar-refractivity contribution < 1.29 is 0 Å². The lowest BCUT2D eigenvalue weighted by molar-refractivity contribution is 0.484. The van der Waals surface area contributed by atoms with Gasteiger partial charge in [0, 0.05) is 6.04 Å². The molecule has 0 radical (unpaired) electrons. The highest BCUT2D eigenvalue weighted by Crippen LogP contribution is 2.37. The smallest absolute Gasteiger partial charge is 0.0517 e. The van der Waals surface area contributed by atoms with Crippen LogP contribution in [0.25, 0.3) is 0 Å². The highest BCUT2D eigenvalue weighted by Gasteiger charge is 2.44. The van der Waals surface area contributed by atoms with Gasteiger partial charge in [-0.3, -0.25) is 0 Å². The van der Waals surface area contributed by atoms with E-state index in [1.165, 1.54) is 12.8 Å². The number of nitrogens with two attached hydrogens (primary N) is 1. The average Bonchev–Trinajstić information content (AvgIpc) is 2.49. The van der Waals surface area contributed by atoms with Crippen LogP contribution in [-0.4, -0.2) is 11.6 Å². The van der Waals surface area contributed by atoms with E-state index >= 15 is 0 Å². The molecular formula is C7H14N2. The van der Waals surface area contributed by atoms with Crippen LogP contribution in [0.5, 0.6) is 0 Å². The van der Waals surface area contributed by atoms with Crippen molar-refractivity contribution in [3.05, 3.63) is 12.8 Å². The summed E-state index contributed by atoms with van der Waals surface area (Å²) in [6.45, 7) is 5.63. The second-order valence-electron chi connectivity index (χ2n) is 2.79. The Hall–Kier alpha value is -0.500. The molecule has 1 aliphatic carbocycles. The molecule has 0 saturated heterocycles. The molecule has 0 bridgehead atoms. The van der Waals surface area contributed by atoms with Crippen molar-refractivity contribution in [3.63, 3.8) is 0 Å². The highest BCUT2D eigenvalue weighted by atomic mass is 15.0. The summed E-state index contributed by atoms with van der Waals surface area (Å²) in [6.07, 6.45) is 4.11.